The van der Waals surface area contributed by atoms with Gasteiger partial charge in [0.05, 0.1) is 0 Å². The van der Waals surface area contributed by atoms with Gasteiger partial charge in [0.25, 0.3) is 0 Å². The molecule has 0 spiro atoms. The molecular formula is C15H28N4O. The van der Waals surface area contributed by atoms with Gasteiger partial charge in [0.15, 0.2) is 0 Å². The highest BCUT2D eigenvalue weighted by atomic mass is 16.5. The van der Waals surface area contributed by atoms with E-state index >= 15 is 0 Å². The van der Waals surface area contributed by atoms with Gasteiger partial charge in [-0.25, -0.2) is 4.98 Å². The summed E-state index contributed by atoms with van der Waals surface area (Å²) in [6.07, 6.45) is 7.56. The molecule has 0 aromatic carbocycles. The molecule has 1 unspecified atom stereocenters. The number of likely N-dealkylation sites (N-methyl/N-ethyl adjacent to an activating group) is 1. The smallest absolute Gasteiger partial charge is 0.202 e. The highest BCUT2D eigenvalue weighted by Crippen LogP contribution is 2.17. The fraction of sp³-hybridized carbons (Fsp3) is 0.800. The van der Waals surface area contributed by atoms with Gasteiger partial charge in [-0.2, -0.15) is 0 Å². The lowest BCUT2D eigenvalue weighted by molar-refractivity contribution is 0.142. The maximum Gasteiger partial charge on any atom is 0.202 e. The Labute approximate surface area is 122 Å². The molecule has 2 heterocycles. The van der Waals surface area contributed by atoms with Crippen LogP contribution in [0.25, 0.3) is 0 Å². The maximum atomic E-state index is 5.38. The lowest BCUT2D eigenvalue weighted by Crippen LogP contribution is -2.35. The topological polar surface area (TPSA) is 42.3 Å². The zero-order valence-corrected chi connectivity index (χ0v) is 12.8. The Hall–Kier alpha value is -1.07. The number of rotatable bonds is 9. The highest BCUT2D eigenvalue weighted by Gasteiger charge is 2.22. The molecule has 2 rings (SSSR count). The fourth-order valence-electron chi connectivity index (χ4n) is 2.89. The third-order valence-corrected chi connectivity index (χ3v) is 4.01. The van der Waals surface area contributed by atoms with Gasteiger partial charge in [0.2, 0.25) is 5.95 Å². The summed E-state index contributed by atoms with van der Waals surface area (Å²) in [5.74, 6) is 0.990. The fourth-order valence-corrected chi connectivity index (χ4v) is 2.89. The quantitative estimate of drug-likeness (QED) is 0.704. The number of aryl methyl sites for hydroxylation is 1. The van der Waals surface area contributed by atoms with Crippen LogP contribution in [0.5, 0.6) is 0 Å². The van der Waals surface area contributed by atoms with Crippen LogP contribution in [0.3, 0.4) is 0 Å². The summed E-state index contributed by atoms with van der Waals surface area (Å²) in [6, 6.07) is 0.661. The molecular weight excluding hydrogens is 252 g/mol. The third-order valence-electron chi connectivity index (χ3n) is 4.01. The zero-order chi connectivity index (χ0) is 14.2. The van der Waals surface area contributed by atoms with Crippen molar-refractivity contribution in [1.82, 2.24) is 14.5 Å². The molecule has 1 fully saturated rings. The summed E-state index contributed by atoms with van der Waals surface area (Å²) in [5, 5.41) is 3.51. The van der Waals surface area contributed by atoms with E-state index in [1.807, 2.05) is 19.3 Å². The van der Waals surface area contributed by atoms with Gasteiger partial charge in [0, 0.05) is 44.7 Å². The second kappa shape index (κ2) is 8.27. The van der Waals surface area contributed by atoms with Crippen molar-refractivity contribution in [2.45, 2.75) is 45.7 Å². The largest absolute Gasteiger partial charge is 0.382 e. The second-order valence-corrected chi connectivity index (χ2v) is 5.30. The molecule has 0 saturated carbocycles. The van der Waals surface area contributed by atoms with Crippen LogP contribution >= 0.6 is 0 Å². The van der Waals surface area contributed by atoms with E-state index in [0.717, 1.165) is 45.2 Å². The number of imidazole rings is 1. The number of hydrogen-bond donors (Lipinski definition) is 1. The van der Waals surface area contributed by atoms with Crippen LogP contribution in [-0.2, 0) is 11.3 Å². The number of likely N-dealkylation sites (tertiary alicyclic amines) is 1. The molecule has 20 heavy (non-hydrogen) atoms. The molecule has 1 saturated heterocycles. The first-order chi connectivity index (χ1) is 9.85. The van der Waals surface area contributed by atoms with Crippen LogP contribution in [0.15, 0.2) is 12.4 Å². The summed E-state index contributed by atoms with van der Waals surface area (Å²) in [6.45, 7) is 10.2. The van der Waals surface area contributed by atoms with E-state index in [1.165, 1.54) is 19.4 Å². The highest BCUT2D eigenvalue weighted by molar-refractivity contribution is 5.26. The molecule has 1 aromatic rings. The maximum absolute atomic E-state index is 5.38. The molecule has 5 heteroatoms. The Kier molecular flexibility index (Phi) is 6.33. The third kappa shape index (κ3) is 4.21. The van der Waals surface area contributed by atoms with Gasteiger partial charge >= 0.3 is 0 Å². The number of nitrogens with one attached hydrogen (secondary N) is 1. The van der Waals surface area contributed by atoms with Gasteiger partial charge in [-0.05, 0) is 39.3 Å². The average Bonchev–Trinajstić information content (AvgIpc) is 3.09. The minimum absolute atomic E-state index is 0.661. The monoisotopic (exact) mass is 280 g/mol. The van der Waals surface area contributed by atoms with Crippen LogP contribution in [0.1, 0.15) is 33.1 Å². The van der Waals surface area contributed by atoms with Crippen LogP contribution in [-0.4, -0.2) is 53.3 Å². The van der Waals surface area contributed by atoms with E-state index in [4.69, 9.17) is 4.74 Å². The van der Waals surface area contributed by atoms with Crippen molar-refractivity contribution in [2.75, 3.05) is 38.2 Å². The van der Waals surface area contributed by atoms with Crippen molar-refractivity contribution in [1.29, 1.82) is 0 Å². The van der Waals surface area contributed by atoms with E-state index in [9.17, 15) is 0 Å². The normalized spacial score (nSPS) is 19.6. The summed E-state index contributed by atoms with van der Waals surface area (Å²) >= 11 is 0. The Morgan fingerprint density at radius 2 is 2.35 bits per heavy atom. The van der Waals surface area contributed by atoms with Crippen molar-refractivity contribution in [3.05, 3.63) is 12.4 Å². The van der Waals surface area contributed by atoms with Crippen LogP contribution in [0.4, 0.5) is 5.95 Å². The van der Waals surface area contributed by atoms with E-state index in [1.54, 1.807) is 0 Å². The van der Waals surface area contributed by atoms with E-state index in [-0.39, 0.29) is 0 Å². The number of aromatic nitrogens is 2. The Balaban J connectivity index is 1.76. The lowest BCUT2D eigenvalue weighted by Gasteiger charge is -2.23. The van der Waals surface area contributed by atoms with E-state index < -0.39 is 0 Å². The van der Waals surface area contributed by atoms with Gasteiger partial charge in [-0.3, -0.25) is 4.90 Å². The van der Waals surface area contributed by atoms with Crippen LogP contribution in [0, 0.1) is 0 Å². The molecule has 1 atom stereocenters. The van der Waals surface area contributed by atoms with Crippen LogP contribution < -0.4 is 5.32 Å². The first-order valence-corrected chi connectivity index (χ1v) is 7.92. The predicted molar refractivity (Wildman–Crippen MR) is 82.1 cm³/mol. The number of anilines is 1. The molecule has 1 aliphatic rings. The summed E-state index contributed by atoms with van der Waals surface area (Å²) in [7, 11) is 0. The Morgan fingerprint density at radius 3 is 3.15 bits per heavy atom. The minimum Gasteiger partial charge on any atom is -0.382 e. The van der Waals surface area contributed by atoms with Crippen molar-refractivity contribution in [3.63, 3.8) is 0 Å². The molecule has 1 aromatic heterocycles. The van der Waals surface area contributed by atoms with Crippen molar-refractivity contribution in [3.8, 4) is 0 Å². The molecule has 0 amide bonds. The molecule has 0 aliphatic carbocycles. The van der Waals surface area contributed by atoms with E-state index in [0.29, 0.717) is 6.04 Å². The molecule has 1 aliphatic heterocycles. The standard InChI is InChI=1S/C15H28N4O/c1-3-18-9-5-7-14(18)13-17-15-16-8-11-19(15)10-6-12-20-4-2/h8,11,14H,3-7,9-10,12-13H2,1-2H3,(H,16,17). The van der Waals surface area contributed by atoms with Crippen molar-refractivity contribution in [2.24, 2.45) is 0 Å². The van der Waals surface area contributed by atoms with Gasteiger partial charge in [-0.15, -0.1) is 0 Å². The van der Waals surface area contributed by atoms with Crippen LogP contribution in [0.2, 0.25) is 0 Å². The van der Waals surface area contributed by atoms with Crippen molar-refractivity contribution < 1.29 is 4.74 Å². The molecule has 0 bridgehead atoms. The summed E-state index contributed by atoms with van der Waals surface area (Å²) in [5.41, 5.74) is 0. The second-order valence-electron chi connectivity index (χ2n) is 5.30. The first kappa shape index (κ1) is 15.3. The first-order valence-electron chi connectivity index (χ1n) is 7.92. The predicted octanol–water partition coefficient (Wildman–Crippen LogP) is 2.21. The molecule has 1 N–H and O–H groups in total. The molecule has 0 radical (unpaired) electrons. The van der Waals surface area contributed by atoms with Gasteiger partial charge in [-0.1, -0.05) is 6.92 Å². The number of nitrogens with zero attached hydrogens (tertiary/aromatic N) is 3. The molecule has 5 nitrogen and oxygen atoms in total. The number of ether oxygens (including phenoxy) is 1. The Bertz CT molecular complexity index is 380. The number of hydrogen-bond acceptors (Lipinski definition) is 4. The lowest BCUT2D eigenvalue weighted by atomic mass is 10.2. The zero-order valence-electron chi connectivity index (χ0n) is 12.8. The summed E-state index contributed by atoms with van der Waals surface area (Å²) in [4.78, 5) is 6.97. The Morgan fingerprint density at radius 1 is 1.45 bits per heavy atom. The SMILES string of the molecule is CCOCCCn1ccnc1NCC1CCCN1CC. The summed E-state index contributed by atoms with van der Waals surface area (Å²) < 4.78 is 7.57. The van der Waals surface area contributed by atoms with Crippen molar-refractivity contribution >= 4 is 5.95 Å². The van der Waals surface area contributed by atoms with E-state index in [2.05, 4.69) is 26.7 Å². The van der Waals surface area contributed by atoms with Gasteiger partial charge < -0.3 is 14.6 Å². The minimum atomic E-state index is 0.661. The average molecular weight is 280 g/mol. The molecule has 114 valence electrons. The van der Waals surface area contributed by atoms with Gasteiger partial charge in [0.1, 0.15) is 0 Å².